The smallest absolute Gasteiger partial charge is 0.398 e. The van der Waals surface area contributed by atoms with E-state index in [1.807, 2.05) is 0 Å². The second kappa shape index (κ2) is 4.70. The third-order valence-corrected chi connectivity index (χ3v) is 4.01. The lowest BCUT2D eigenvalue weighted by Crippen LogP contribution is -2.05. The van der Waals surface area contributed by atoms with Crippen molar-refractivity contribution in [3.63, 3.8) is 0 Å². The summed E-state index contributed by atoms with van der Waals surface area (Å²) in [6, 6.07) is 7.25. The van der Waals surface area contributed by atoms with Crippen LogP contribution in [-0.2, 0) is 6.18 Å². The maximum Gasteiger partial charge on any atom is 0.416 e. The molecular weight excluding hydrogens is 304 g/mol. The van der Waals surface area contributed by atoms with E-state index in [9.17, 15) is 17.6 Å². The van der Waals surface area contributed by atoms with Crippen molar-refractivity contribution in [2.45, 2.75) is 6.18 Å². The van der Waals surface area contributed by atoms with Crippen molar-refractivity contribution in [1.29, 1.82) is 0 Å². The molecule has 108 valence electrons. The number of nitrogen functional groups attached to an aromatic ring is 1. The fourth-order valence-corrected chi connectivity index (χ4v) is 2.99. The number of hydrogen-bond acceptors (Lipinski definition) is 3. The predicted molar refractivity (Wildman–Crippen MR) is 74.4 cm³/mol. The van der Waals surface area contributed by atoms with Crippen LogP contribution in [0.4, 0.5) is 23.2 Å². The van der Waals surface area contributed by atoms with E-state index in [2.05, 4.69) is 4.98 Å². The van der Waals surface area contributed by atoms with Crippen LogP contribution in [0.1, 0.15) is 5.56 Å². The second-order valence-electron chi connectivity index (χ2n) is 4.43. The number of alkyl halides is 3. The highest BCUT2D eigenvalue weighted by atomic mass is 32.1. The topological polar surface area (TPSA) is 38.9 Å². The van der Waals surface area contributed by atoms with Crippen molar-refractivity contribution in [1.82, 2.24) is 4.98 Å². The zero-order valence-corrected chi connectivity index (χ0v) is 11.2. The molecule has 2 N–H and O–H groups in total. The number of benzene rings is 2. The first-order valence-electron chi connectivity index (χ1n) is 5.88. The molecule has 0 fully saturated rings. The summed E-state index contributed by atoms with van der Waals surface area (Å²) in [6.07, 6.45) is -4.44. The van der Waals surface area contributed by atoms with E-state index >= 15 is 0 Å². The van der Waals surface area contributed by atoms with Gasteiger partial charge in [-0.3, -0.25) is 0 Å². The average Bonchev–Trinajstić information content (AvgIpc) is 2.80. The average molecular weight is 312 g/mol. The number of rotatable bonds is 1. The summed E-state index contributed by atoms with van der Waals surface area (Å²) in [6.45, 7) is 0. The number of thiazole rings is 1. The lowest BCUT2D eigenvalue weighted by Gasteiger charge is -2.09. The first-order chi connectivity index (χ1) is 9.84. The van der Waals surface area contributed by atoms with E-state index in [-0.39, 0.29) is 5.69 Å². The van der Waals surface area contributed by atoms with E-state index in [0.717, 1.165) is 12.1 Å². The molecule has 0 spiro atoms. The molecule has 0 saturated heterocycles. The zero-order valence-electron chi connectivity index (χ0n) is 10.4. The summed E-state index contributed by atoms with van der Waals surface area (Å²) in [5, 5.41) is 0.460. The van der Waals surface area contributed by atoms with Crippen LogP contribution in [0.5, 0.6) is 0 Å². The summed E-state index contributed by atoms with van der Waals surface area (Å²) in [4.78, 5) is 4.27. The third-order valence-electron chi connectivity index (χ3n) is 2.96. The van der Waals surface area contributed by atoms with Crippen LogP contribution in [0.15, 0.2) is 36.4 Å². The minimum atomic E-state index is -4.44. The van der Waals surface area contributed by atoms with Crippen LogP contribution in [0.2, 0.25) is 0 Å². The van der Waals surface area contributed by atoms with Gasteiger partial charge in [-0.15, -0.1) is 11.3 Å². The van der Waals surface area contributed by atoms with Gasteiger partial charge in [0.2, 0.25) is 0 Å². The molecule has 0 aliphatic carbocycles. The summed E-state index contributed by atoms with van der Waals surface area (Å²) in [7, 11) is 0. The monoisotopic (exact) mass is 312 g/mol. The number of nitrogens with zero attached hydrogens (tertiary/aromatic N) is 1. The van der Waals surface area contributed by atoms with Crippen molar-refractivity contribution in [3.8, 4) is 10.6 Å². The molecule has 1 heterocycles. The van der Waals surface area contributed by atoms with Crippen molar-refractivity contribution in [2.24, 2.45) is 0 Å². The molecule has 3 rings (SSSR count). The molecule has 3 aromatic rings. The van der Waals surface area contributed by atoms with E-state index < -0.39 is 17.6 Å². The Hall–Kier alpha value is -2.15. The molecule has 2 aromatic carbocycles. The van der Waals surface area contributed by atoms with E-state index in [1.54, 1.807) is 0 Å². The molecule has 0 amide bonds. The van der Waals surface area contributed by atoms with E-state index in [4.69, 9.17) is 5.73 Å². The Bertz CT molecular complexity index is 823. The Morgan fingerprint density at radius 1 is 1.05 bits per heavy atom. The summed E-state index contributed by atoms with van der Waals surface area (Å²) in [5.41, 5.74) is 5.86. The van der Waals surface area contributed by atoms with Gasteiger partial charge in [-0.1, -0.05) is 0 Å². The fraction of sp³-hybridized carbons (Fsp3) is 0.0714. The van der Waals surface area contributed by atoms with Crippen LogP contribution in [0, 0.1) is 5.82 Å². The third kappa shape index (κ3) is 2.56. The number of hydrogen-bond donors (Lipinski definition) is 1. The second-order valence-corrected chi connectivity index (χ2v) is 5.46. The first kappa shape index (κ1) is 13.8. The van der Waals surface area contributed by atoms with Crippen LogP contribution in [-0.4, -0.2) is 4.98 Å². The molecular formula is C14H8F4N2S. The number of fused-ring (bicyclic) bond motifs is 1. The fourth-order valence-electron chi connectivity index (χ4n) is 1.95. The largest absolute Gasteiger partial charge is 0.416 e. The Balaban J connectivity index is 2.10. The van der Waals surface area contributed by atoms with E-state index in [1.165, 1.54) is 35.6 Å². The lowest BCUT2D eigenvalue weighted by molar-refractivity contribution is -0.137. The molecule has 0 aliphatic heterocycles. The standard InChI is InChI=1S/C14H8F4N2S/c15-8-2-4-11-12(6-8)21-13(20-11)9-3-1-7(5-10(9)19)14(16,17)18/h1-6H,19H2. The van der Waals surface area contributed by atoms with Crippen molar-refractivity contribution < 1.29 is 17.6 Å². The highest BCUT2D eigenvalue weighted by molar-refractivity contribution is 7.21. The van der Waals surface area contributed by atoms with Crippen LogP contribution in [0.25, 0.3) is 20.8 Å². The first-order valence-corrected chi connectivity index (χ1v) is 6.69. The summed E-state index contributed by atoms with van der Waals surface area (Å²) >= 11 is 1.18. The molecule has 21 heavy (non-hydrogen) atoms. The van der Waals surface area contributed by atoms with Gasteiger partial charge in [0, 0.05) is 11.3 Å². The SMILES string of the molecule is Nc1cc(C(F)(F)F)ccc1-c1nc2ccc(F)cc2s1. The number of anilines is 1. The number of halogens is 4. The lowest BCUT2D eigenvalue weighted by atomic mass is 10.1. The van der Waals surface area contributed by atoms with Gasteiger partial charge in [-0.05, 0) is 36.4 Å². The summed E-state index contributed by atoms with van der Waals surface area (Å²) < 4.78 is 51.6. The van der Waals surface area contributed by atoms with Gasteiger partial charge < -0.3 is 5.73 Å². The van der Waals surface area contributed by atoms with Crippen molar-refractivity contribution in [3.05, 3.63) is 47.8 Å². The van der Waals surface area contributed by atoms with Gasteiger partial charge >= 0.3 is 6.18 Å². The number of nitrogens with two attached hydrogens (primary N) is 1. The van der Waals surface area contributed by atoms with Crippen molar-refractivity contribution in [2.75, 3.05) is 5.73 Å². The zero-order chi connectivity index (χ0) is 15.2. The Morgan fingerprint density at radius 3 is 2.48 bits per heavy atom. The van der Waals surface area contributed by atoms with Crippen LogP contribution in [0.3, 0.4) is 0 Å². The van der Waals surface area contributed by atoms with Gasteiger partial charge in [-0.25, -0.2) is 9.37 Å². The molecule has 0 unspecified atom stereocenters. The molecule has 1 aromatic heterocycles. The maximum atomic E-state index is 13.1. The predicted octanol–water partition coefficient (Wildman–Crippen LogP) is 4.70. The minimum Gasteiger partial charge on any atom is -0.398 e. The van der Waals surface area contributed by atoms with Crippen molar-refractivity contribution >= 4 is 27.2 Å². The molecule has 2 nitrogen and oxygen atoms in total. The molecule has 0 aliphatic rings. The molecule has 0 atom stereocenters. The Morgan fingerprint density at radius 2 is 1.81 bits per heavy atom. The van der Waals surface area contributed by atoms with Gasteiger partial charge in [0.15, 0.2) is 0 Å². The Labute approximate surface area is 120 Å². The van der Waals surface area contributed by atoms with E-state index in [0.29, 0.717) is 20.8 Å². The van der Waals surface area contributed by atoms with Gasteiger partial charge in [0.05, 0.1) is 15.8 Å². The molecule has 7 heteroatoms. The summed E-state index contributed by atoms with van der Waals surface area (Å²) in [5.74, 6) is -0.391. The highest BCUT2D eigenvalue weighted by Crippen LogP contribution is 2.37. The maximum absolute atomic E-state index is 13.1. The quantitative estimate of drug-likeness (QED) is 0.522. The van der Waals surface area contributed by atoms with Gasteiger partial charge in [-0.2, -0.15) is 13.2 Å². The highest BCUT2D eigenvalue weighted by Gasteiger charge is 2.31. The normalized spacial score (nSPS) is 12.0. The molecule has 0 saturated carbocycles. The number of aromatic nitrogens is 1. The van der Waals surface area contributed by atoms with Crippen LogP contribution >= 0.6 is 11.3 Å². The van der Waals surface area contributed by atoms with Gasteiger partial charge in [0.25, 0.3) is 0 Å². The minimum absolute atomic E-state index is 0.00986. The van der Waals surface area contributed by atoms with Crippen LogP contribution < -0.4 is 5.73 Å². The molecule has 0 bridgehead atoms. The van der Waals surface area contributed by atoms with Gasteiger partial charge in [0.1, 0.15) is 10.8 Å². The Kier molecular flexibility index (Phi) is 3.09. The molecule has 0 radical (unpaired) electrons.